The van der Waals surface area contributed by atoms with Gasteiger partial charge in [-0.2, -0.15) is 0 Å². The standard InChI is InChI=1S/C28H43N5O7.C4H10/c1-9-11-13-18(21(35)24(37)29-15-10-2)31-23(36)19-14-12-16-33(19)25(38)22(27(3,4)5)32-26(39)30-17-20(34)40-28(6,7)8;1-4(2)3/h1,10,18-19,22H,2,11-17H2,3-8H3,(H,29,37)(H,31,36)(H2,30,32,39);4H,1-3H3. The van der Waals surface area contributed by atoms with Gasteiger partial charge in [0.1, 0.15) is 24.2 Å². The van der Waals surface area contributed by atoms with Gasteiger partial charge in [0.25, 0.3) is 5.91 Å². The zero-order valence-corrected chi connectivity index (χ0v) is 27.9. The van der Waals surface area contributed by atoms with Gasteiger partial charge in [0.2, 0.25) is 17.6 Å². The molecule has 248 valence electrons. The number of urea groups is 1. The number of carbonyl (C=O) groups is 6. The molecule has 0 bridgehead atoms. The van der Waals surface area contributed by atoms with Gasteiger partial charge in [0.15, 0.2) is 0 Å². The van der Waals surface area contributed by atoms with Gasteiger partial charge in [-0.15, -0.1) is 18.9 Å². The van der Waals surface area contributed by atoms with Crippen molar-refractivity contribution < 1.29 is 33.5 Å². The van der Waals surface area contributed by atoms with Gasteiger partial charge in [-0.05, 0) is 51.4 Å². The van der Waals surface area contributed by atoms with E-state index < -0.39 is 71.2 Å². The Morgan fingerprint density at radius 1 is 1.02 bits per heavy atom. The molecule has 1 saturated heterocycles. The van der Waals surface area contributed by atoms with E-state index in [0.717, 1.165) is 5.92 Å². The minimum Gasteiger partial charge on any atom is -0.459 e. The van der Waals surface area contributed by atoms with E-state index in [1.54, 1.807) is 41.5 Å². The van der Waals surface area contributed by atoms with Crippen LogP contribution in [0.25, 0.3) is 0 Å². The Morgan fingerprint density at radius 3 is 2.11 bits per heavy atom. The average Bonchev–Trinajstić information content (AvgIpc) is 3.39. The van der Waals surface area contributed by atoms with E-state index in [0.29, 0.717) is 12.8 Å². The number of hydrogen-bond acceptors (Lipinski definition) is 7. The van der Waals surface area contributed by atoms with Crippen LogP contribution in [-0.4, -0.2) is 83.8 Å². The van der Waals surface area contributed by atoms with Gasteiger partial charge in [0, 0.05) is 19.5 Å². The monoisotopic (exact) mass is 619 g/mol. The van der Waals surface area contributed by atoms with Gasteiger partial charge in [-0.25, -0.2) is 4.79 Å². The van der Waals surface area contributed by atoms with Crippen LogP contribution in [-0.2, 0) is 28.7 Å². The van der Waals surface area contributed by atoms with Gasteiger partial charge in [-0.1, -0.05) is 47.6 Å². The highest BCUT2D eigenvalue weighted by atomic mass is 16.6. The number of Topliss-reactive ketones (excluding diaryl/α,β-unsaturated/α-hetero) is 1. The third-order valence-corrected chi connectivity index (χ3v) is 5.88. The summed E-state index contributed by atoms with van der Waals surface area (Å²) in [6.45, 7) is 20.3. The Bertz CT molecular complexity index is 1060. The maximum atomic E-state index is 13.6. The van der Waals surface area contributed by atoms with Crippen LogP contribution in [0.4, 0.5) is 4.79 Å². The molecule has 3 unspecified atom stereocenters. The summed E-state index contributed by atoms with van der Waals surface area (Å²) in [6.07, 6.45) is 7.79. The summed E-state index contributed by atoms with van der Waals surface area (Å²) in [5, 5.41) is 9.99. The van der Waals surface area contributed by atoms with Gasteiger partial charge >= 0.3 is 12.0 Å². The molecule has 12 nitrogen and oxygen atoms in total. The molecule has 0 saturated carbocycles. The molecule has 0 aromatic carbocycles. The molecule has 1 fully saturated rings. The minimum atomic E-state index is -1.17. The third kappa shape index (κ3) is 15.5. The fourth-order valence-corrected chi connectivity index (χ4v) is 4.00. The SMILES string of the molecule is C#CCCC(NC(=O)C1CCCN1C(=O)C(NC(=O)NCC(=O)OC(C)(C)C)C(C)(C)C)C(=O)C(=O)NCC=C.CC(C)C. The first-order chi connectivity index (χ1) is 20.2. The number of nitrogens with zero attached hydrogens (tertiary/aromatic N) is 1. The van der Waals surface area contributed by atoms with Crippen molar-refractivity contribution in [3.63, 3.8) is 0 Å². The van der Waals surface area contributed by atoms with E-state index in [9.17, 15) is 28.8 Å². The second-order valence-corrected chi connectivity index (χ2v) is 13.3. The topological polar surface area (TPSA) is 163 Å². The maximum Gasteiger partial charge on any atom is 0.325 e. The molecule has 3 atom stereocenters. The summed E-state index contributed by atoms with van der Waals surface area (Å²) < 4.78 is 5.17. The molecule has 0 spiro atoms. The van der Waals surface area contributed by atoms with Crippen molar-refractivity contribution in [2.75, 3.05) is 19.6 Å². The van der Waals surface area contributed by atoms with Crippen LogP contribution in [0.2, 0.25) is 0 Å². The van der Waals surface area contributed by atoms with Crippen LogP contribution in [0.1, 0.15) is 88.0 Å². The van der Waals surface area contributed by atoms with Crippen molar-refractivity contribution in [1.82, 2.24) is 26.2 Å². The maximum absolute atomic E-state index is 13.6. The molecule has 1 aliphatic rings. The summed E-state index contributed by atoms with van der Waals surface area (Å²) in [4.78, 5) is 77.7. The lowest BCUT2D eigenvalue weighted by atomic mass is 9.85. The highest BCUT2D eigenvalue weighted by molar-refractivity contribution is 6.38. The van der Waals surface area contributed by atoms with Crippen LogP contribution in [0.5, 0.6) is 0 Å². The second kappa shape index (κ2) is 18.7. The van der Waals surface area contributed by atoms with Gasteiger partial charge in [-0.3, -0.25) is 24.0 Å². The zero-order chi connectivity index (χ0) is 34.3. The first-order valence-electron chi connectivity index (χ1n) is 15.0. The van der Waals surface area contributed by atoms with Crippen molar-refractivity contribution in [3.05, 3.63) is 12.7 Å². The van der Waals surface area contributed by atoms with Crippen LogP contribution in [0, 0.1) is 23.7 Å². The lowest BCUT2D eigenvalue weighted by Crippen LogP contribution is -2.60. The zero-order valence-electron chi connectivity index (χ0n) is 27.9. The summed E-state index contributed by atoms with van der Waals surface area (Å²) in [6, 6.07) is -3.87. The third-order valence-electron chi connectivity index (χ3n) is 5.88. The molecule has 1 rings (SSSR count). The van der Waals surface area contributed by atoms with Gasteiger partial charge < -0.3 is 30.9 Å². The number of carbonyl (C=O) groups excluding carboxylic acids is 6. The summed E-state index contributed by atoms with van der Waals surface area (Å²) in [5.41, 5.74) is -1.47. The molecular formula is C32H53N5O7. The number of esters is 1. The molecule has 44 heavy (non-hydrogen) atoms. The van der Waals surface area contributed by atoms with Crippen LogP contribution >= 0.6 is 0 Å². The predicted octanol–water partition coefficient (Wildman–Crippen LogP) is 2.46. The number of rotatable bonds is 12. The van der Waals surface area contributed by atoms with Crippen molar-refractivity contribution in [2.24, 2.45) is 11.3 Å². The lowest BCUT2D eigenvalue weighted by Gasteiger charge is -2.35. The van der Waals surface area contributed by atoms with Crippen LogP contribution in [0.15, 0.2) is 12.7 Å². The van der Waals surface area contributed by atoms with E-state index in [1.807, 2.05) is 0 Å². The first kappa shape index (κ1) is 40.1. The summed E-state index contributed by atoms with van der Waals surface area (Å²) >= 11 is 0. The largest absolute Gasteiger partial charge is 0.459 e. The van der Waals surface area contributed by atoms with Gasteiger partial charge in [0.05, 0.1) is 6.04 Å². The predicted molar refractivity (Wildman–Crippen MR) is 169 cm³/mol. The molecule has 12 heteroatoms. The molecule has 1 heterocycles. The number of terminal acetylenes is 1. The molecular weight excluding hydrogens is 566 g/mol. The number of ether oxygens (including phenoxy) is 1. The number of nitrogens with one attached hydrogen (secondary N) is 4. The highest BCUT2D eigenvalue weighted by Gasteiger charge is 2.42. The molecule has 1 aliphatic heterocycles. The molecule has 0 aromatic heterocycles. The molecule has 5 amide bonds. The summed E-state index contributed by atoms with van der Waals surface area (Å²) in [7, 11) is 0. The highest BCUT2D eigenvalue weighted by Crippen LogP contribution is 2.26. The van der Waals surface area contributed by atoms with E-state index >= 15 is 0 Å². The quantitative estimate of drug-likeness (QED) is 0.113. The Morgan fingerprint density at radius 2 is 1.61 bits per heavy atom. The normalized spacial score (nSPS) is 15.8. The Labute approximate surface area is 262 Å². The second-order valence-electron chi connectivity index (χ2n) is 13.3. The molecule has 0 aliphatic carbocycles. The smallest absolute Gasteiger partial charge is 0.325 e. The van der Waals surface area contributed by atoms with E-state index in [1.165, 1.54) is 11.0 Å². The summed E-state index contributed by atoms with van der Waals surface area (Å²) in [5.74, 6) is -0.228. The Hall–Kier alpha value is -3.88. The first-order valence-corrected chi connectivity index (χ1v) is 15.0. The fourth-order valence-electron chi connectivity index (χ4n) is 4.00. The van der Waals surface area contributed by atoms with Crippen LogP contribution in [0.3, 0.4) is 0 Å². The molecule has 4 N–H and O–H groups in total. The average molecular weight is 620 g/mol. The number of likely N-dealkylation sites (tertiary alicyclic amines) is 1. The van der Waals surface area contributed by atoms with Crippen molar-refractivity contribution >= 4 is 35.5 Å². The van der Waals surface area contributed by atoms with Crippen molar-refractivity contribution in [3.8, 4) is 12.3 Å². The Kier molecular flexibility index (Phi) is 17.1. The fraction of sp³-hybridized carbons (Fsp3) is 0.688. The van der Waals surface area contributed by atoms with E-state index in [-0.39, 0.29) is 25.9 Å². The van der Waals surface area contributed by atoms with Crippen molar-refractivity contribution in [1.29, 1.82) is 0 Å². The van der Waals surface area contributed by atoms with Crippen LogP contribution < -0.4 is 21.3 Å². The number of ketones is 1. The Balaban J connectivity index is 0.00000433. The lowest BCUT2D eigenvalue weighted by molar-refractivity contribution is -0.153. The number of amides is 5. The molecule has 0 radical (unpaired) electrons. The number of hydrogen-bond donors (Lipinski definition) is 4. The molecule has 0 aromatic rings. The van der Waals surface area contributed by atoms with Crippen molar-refractivity contribution in [2.45, 2.75) is 112 Å². The van der Waals surface area contributed by atoms with E-state index in [2.05, 4.69) is 54.5 Å². The minimum absolute atomic E-state index is 0.0488. The van der Waals surface area contributed by atoms with E-state index in [4.69, 9.17) is 11.2 Å².